The lowest BCUT2D eigenvalue weighted by Gasteiger charge is -2.15. The average molecular weight is 275 g/mol. The number of nitrogens with zero attached hydrogens (tertiary/aromatic N) is 3. The molecule has 0 aliphatic rings. The van der Waals surface area contributed by atoms with Crippen molar-refractivity contribution in [2.24, 2.45) is 0 Å². The van der Waals surface area contributed by atoms with Gasteiger partial charge in [0.05, 0.1) is 11.9 Å². The molecule has 0 amide bonds. The molecule has 0 aromatic carbocycles. The van der Waals surface area contributed by atoms with Crippen molar-refractivity contribution in [1.29, 1.82) is 0 Å². The third-order valence-corrected chi connectivity index (χ3v) is 3.90. The summed E-state index contributed by atoms with van der Waals surface area (Å²) in [5, 5.41) is 4.53. The van der Waals surface area contributed by atoms with E-state index >= 15 is 0 Å². The molecule has 0 aliphatic heterocycles. The Morgan fingerprint density at radius 3 is 2.50 bits per heavy atom. The molecule has 0 bridgehead atoms. The highest BCUT2D eigenvalue weighted by Gasteiger charge is 2.16. The quantitative estimate of drug-likeness (QED) is 0.793. The minimum absolute atomic E-state index is 0.415. The molecule has 0 N–H and O–H groups in total. The summed E-state index contributed by atoms with van der Waals surface area (Å²) < 4.78 is 7.72. The molecule has 2 unspecified atom stereocenters. The van der Waals surface area contributed by atoms with E-state index in [1.807, 2.05) is 13.1 Å². The Kier molecular flexibility index (Phi) is 4.63. The number of rotatable bonds is 6. The summed E-state index contributed by atoms with van der Waals surface area (Å²) in [5.41, 5.74) is 2.44. The van der Waals surface area contributed by atoms with Crippen LogP contribution in [0.15, 0.2) is 16.7 Å². The maximum Gasteiger partial charge on any atom is 0.191 e. The van der Waals surface area contributed by atoms with Crippen molar-refractivity contribution in [3.8, 4) is 0 Å². The minimum atomic E-state index is 0.415. The highest BCUT2D eigenvalue weighted by atomic mass is 16.4. The molecule has 0 saturated carbocycles. The highest BCUT2D eigenvalue weighted by molar-refractivity contribution is 5.13. The van der Waals surface area contributed by atoms with Gasteiger partial charge in [0.15, 0.2) is 5.89 Å². The molecule has 2 aromatic rings. The molecule has 110 valence electrons. The van der Waals surface area contributed by atoms with E-state index < -0.39 is 0 Å². The standard InChI is InChI=1S/C16H25N3O/c1-6-19-15(9-13(4)18-19)11(2)7-8-12(3)16-10-17-14(5)20-16/h9-12H,6-8H2,1-5H3. The van der Waals surface area contributed by atoms with Gasteiger partial charge in [0, 0.05) is 25.1 Å². The summed E-state index contributed by atoms with van der Waals surface area (Å²) in [7, 11) is 0. The lowest BCUT2D eigenvalue weighted by atomic mass is 9.94. The second-order valence-electron chi connectivity index (χ2n) is 5.69. The van der Waals surface area contributed by atoms with Crippen LogP contribution < -0.4 is 0 Å². The summed E-state index contributed by atoms with van der Waals surface area (Å²) >= 11 is 0. The van der Waals surface area contributed by atoms with Crippen LogP contribution in [0.4, 0.5) is 0 Å². The largest absolute Gasteiger partial charge is 0.446 e. The summed E-state index contributed by atoms with van der Waals surface area (Å²) in [6, 6.07) is 2.21. The van der Waals surface area contributed by atoms with E-state index in [0.717, 1.165) is 36.7 Å². The fraction of sp³-hybridized carbons (Fsp3) is 0.625. The summed E-state index contributed by atoms with van der Waals surface area (Å²) in [6.07, 6.45) is 4.08. The zero-order chi connectivity index (χ0) is 14.7. The van der Waals surface area contributed by atoms with E-state index in [2.05, 4.69) is 48.5 Å². The van der Waals surface area contributed by atoms with Crippen LogP contribution >= 0.6 is 0 Å². The Hall–Kier alpha value is -1.58. The predicted octanol–water partition coefficient (Wildman–Crippen LogP) is 4.20. The summed E-state index contributed by atoms with van der Waals surface area (Å²) in [4.78, 5) is 4.17. The molecule has 0 aliphatic carbocycles. The minimum Gasteiger partial charge on any atom is -0.446 e. The first-order valence-corrected chi connectivity index (χ1v) is 7.48. The van der Waals surface area contributed by atoms with Crippen molar-refractivity contribution in [2.75, 3.05) is 0 Å². The fourth-order valence-electron chi connectivity index (χ4n) is 2.61. The van der Waals surface area contributed by atoms with Gasteiger partial charge in [-0.15, -0.1) is 0 Å². The maximum absolute atomic E-state index is 5.60. The molecule has 0 spiro atoms. The van der Waals surface area contributed by atoms with Gasteiger partial charge in [-0.2, -0.15) is 5.10 Å². The van der Waals surface area contributed by atoms with Crippen LogP contribution in [0.5, 0.6) is 0 Å². The number of aryl methyl sites for hydroxylation is 3. The van der Waals surface area contributed by atoms with Crippen molar-refractivity contribution in [2.45, 2.75) is 65.8 Å². The van der Waals surface area contributed by atoms with Gasteiger partial charge in [0.1, 0.15) is 5.76 Å². The van der Waals surface area contributed by atoms with E-state index in [4.69, 9.17) is 4.42 Å². The Morgan fingerprint density at radius 1 is 1.20 bits per heavy atom. The van der Waals surface area contributed by atoms with Crippen molar-refractivity contribution in [3.63, 3.8) is 0 Å². The molecule has 4 heteroatoms. The highest BCUT2D eigenvalue weighted by Crippen LogP contribution is 2.28. The van der Waals surface area contributed by atoms with Crippen LogP contribution in [0.3, 0.4) is 0 Å². The van der Waals surface area contributed by atoms with Crippen molar-refractivity contribution in [1.82, 2.24) is 14.8 Å². The number of oxazole rings is 1. The number of hydrogen-bond acceptors (Lipinski definition) is 3. The van der Waals surface area contributed by atoms with Gasteiger partial charge < -0.3 is 4.42 Å². The van der Waals surface area contributed by atoms with Crippen LogP contribution in [0.2, 0.25) is 0 Å². The molecule has 4 nitrogen and oxygen atoms in total. The van der Waals surface area contributed by atoms with E-state index in [1.54, 1.807) is 0 Å². The van der Waals surface area contributed by atoms with Gasteiger partial charge in [0.25, 0.3) is 0 Å². The topological polar surface area (TPSA) is 43.9 Å². The van der Waals surface area contributed by atoms with Crippen LogP contribution in [-0.4, -0.2) is 14.8 Å². The smallest absolute Gasteiger partial charge is 0.191 e. The third-order valence-electron chi connectivity index (χ3n) is 3.90. The molecule has 2 atom stereocenters. The third kappa shape index (κ3) is 3.30. The van der Waals surface area contributed by atoms with E-state index in [-0.39, 0.29) is 0 Å². The van der Waals surface area contributed by atoms with Crippen LogP contribution in [0.25, 0.3) is 0 Å². The molecule has 0 saturated heterocycles. The first-order valence-electron chi connectivity index (χ1n) is 7.48. The molecular weight excluding hydrogens is 250 g/mol. The Balaban J connectivity index is 1.96. The fourth-order valence-corrected chi connectivity index (χ4v) is 2.61. The van der Waals surface area contributed by atoms with Crippen molar-refractivity contribution < 1.29 is 4.42 Å². The monoisotopic (exact) mass is 275 g/mol. The molecule has 2 rings (SSSR count). The maximum atomic E-state index is 5.60. The molecule has 2 heterocycles. The van der Waals surface area contributed by atoms with E-state index in [9.17, 15) is 0 Å². The SMILES string of the molecule is CCn1nc(C)cc1C(C)CCC(C)c1cnc(C)o1. The van der Waals surface area contributed by atoms with Gasteiger partial charge in [-0.25, -0.2) is 4.98 Å². The molecule has 2 aromatic heterocycles. The Labute approximate surface area is 121 Å². The Morgan fingerprint density at radius 2 is 1.90 bits per heavy atom. The second kappa shape index (κ2) is 6.25. The van der Waals surface area contributed by atoms with Gasteiger partial charge in [-0.1, -0.05) is 13.8 Å². The van der Waals surface area contributed by atoms with Crippen LogP contribution in [0, 0.1) is 13.8 Å². The van der Waals surface area contributed by atoms with E-state index in [1.165, 1.54) is 5.69 Å². The second-order valence-corrected chi connectivity index (χ2v) is 5.69. The molecule has 0 radical (unpaired) electrons. The number of aromatic nitrogens is 3. The lowest BCUT2D eigenvalue weighted by molar-refractivity contribution is 0.423. The average Bonchev–Trinajstić information content (AvgIpc) is 3.01. The van der Waals surface area contributed by atoms with Crippen LogP contribution in [0.1, 0.15) is 68.5 Å². The zero-order valence-corrected chi connectivity index (χ0v) is 13.2. The number of hydrogen-bond donors (Lipinski definition) is 0. The molecular formula is C16H25N3O. The molecule has 20 heavy (non-hydrogen) atoms. The summed E-state index contributed by atoms with van der Waals surface area (Å²) in [5.74, 6) is 2.68. The van der Waals surface area contributed by atoms with Crippen molar-refractivity contribution in [3.05, 3.63) is 35.3 Å². The summed E-state index contributed by atoms with van der Waals surface area (Å²) in [6.45, 7) is 11.5. The predicted molar refractivity (Wildman–Crippen MR) is 79.9 cm³/mol. The normalized spacial score (nSPS) is 14.4. The van der Waals surface area contributed by atoms with E-state index in [0.29, 0.717) is 11.8 Å². The Bertz CT molecular complexity index is 556. The van der Waals surface area contributed by atoms with Crippen molar-refractivity contribution >= 4 is 0 Å². The zero-order valence-electron chi connectivity index (χ0n) is 13.2. The van der Waals surface area contributed by atoms with Gasteiger partial charge in [-0.3, -0.25) is 4.68 Å². The van der Waals surface area contributed by atoms with Gasteiger partial charge in [-0.05, 0) is 38.7 Å². The molecule has 0 fully saturated rings. The first-order chi connectivity index (χ1) is 9.51. The van der Waals surface area contributed by atoms with Gasteiger partial charge in [0.2, 0.25) is 0 Å². The van der Waals surface area contributed by atoms with Gasteiger partial charge >= 0.3 is 0 Å². The lowest BCUT2D eigenvalue weighted by Crippen LogP contribution is -2.07. The first kappa shape index (κ1) is 14.8. The van der Waals surface area contributed by atoms with Crippen LogP contribution in [-0.2, 0) is 6.54 Å².